The van der Waals surface area contributed by atoms with Crippen LogP contribution < -0.4 is 5.32 Å². The van der Waals surface area contributed by atoms with E-state index in [2.05, 4.69) is 84.6 Å². The quantitative estimate of drug-likeness (QED) is 0.448. The highest BCUT2D eigenvalue weighted by molar-refractivity contribution is 5.86. The van der Waals surface area contributed by atoms with Crippen LogP contribution in [0.1, 0.15) is 48.2 Å². The van der Waals surface area contributed by atoms with Gasteiger partial charge in [-0.05, 0) is 42.2 Å². The molecule has 2 aromatic heterocycles. The summed E-state index contributed by atoms with van der Waals surface area (Å²) < 4.78 is 0. The van der Waals surface area contributed by atoms with Crippen molar-refractivity contribution >= 4 is 16.7 Å². The van der Waals surface area contributed by atoms with Gasteiger partial charge in [0.05, 0.1) is 6.04 Å². The predicted octanol–water partition coefficient (Wildman–Crippen LogP) is 6.20. The Morgan fingerprint density at radius 1 is 0.852 bits per heavy atom. The Morgan fingerprint density at radius 3 is 2.26 bits per heavy atom. The molecule has 4 rings (SSSR count). The largest absolute Gasteiger partial charge is 0.359 e. The molecule has 0 bridgehead atoms. The van der Waals surface area contributed by atoms with Crippen LogP contribution in [0.2, 0.25) is 0 Å². The van der Waals surface area contributed by atoms with Gasteiger partial charge < -0.3 is 10.3 Å². The molecule has 0 saturated carbocycles. The number of rotatable bonds is 5. The first-order chi connectivity index (χ1) is 13.1. The zero-order valence-corrected chi connectivity index (χ0v) is 16.0. The summed E-state index contributed by atoms with van der Waals surface area (Å²) in [7, 11) is 0. The third kappa shape index (κ3) is 3.45. The van der Waals surface area contributed by atoms with E-state index < -0.39 is 0 Å². The Hall–Kier alpha value is -3.07. The lowest BCUT2D eigenvalue weighted by Crippen LogP contribution is -2.14. The molecule has 136 valence electrons. The molecule has 0 amide bonds. The molecule has 0 radical (unpaired) electrons. The van der Waals surface area contributed by atoms with Crippen molar-refractivity contribution in [1.82, 2.24) is 9.97 Å². The molecular weight excluding hydrogens is 330 g/mol. The molecule has 27 heavy (non-hydrogen) atoms. The molecule has 3 nitrogen and oxygen atoms in total. The zero-order valence-electron chi connectivity index (χ0n) is 16.0. The fraction of sp³-hybridized carbons (Fsp3) is 0.208. The Balaban J connectivity index is 1.83. The summed E-state index contributed by atoms with van der Waals surface area (Å²) in [4.78, 5) is 8.02. The van der Waals surface area contributed by atoms with Crippen LogP contribution in [0.15, 0.2) is 72.9 Å². The lowest BCUT2D eigenvalue weighted by Gasteiger charge is -2.21. The van der Waals surface area contributed by atoms with Crippen molar-refractivity contribution in [2.45, 2.75) is 32.7 Å². The average Bonchev–Trinajstić information content (AvgIpc) is 3.02. The number of nitrogens with one attached hydrogen (secondary N) is 2. The molecule has 1 atom stereocenters. The number of H-pyrrole nitrogens is 1. The maximum Gasteiger partial charge on any atom is 0.126 e. The highest BCUT2D eigenvalue weighted by Crippen LogP contribution is 2.34. The minimum absolute atomic E-state index is 0.0252. The second-order valence-corrected chi connectivity index (χ2v) is 7.32. The van der Waals surface area contributed by atoms with Gasteiger partial charge in [-0.15, -0.1) is 0 Å². The molecule has 0 unspecified atom stereocenters. The monoisotopic (exact) mass is 355 g/mol. The van der Waals surface area contributed by atoms with Gasteiger partial charge in [0.25, 0.3) is 0 Å². The van der Waals surface area contributed by atoms with Crippen molar-refractivity contribution in [3.05, 3.63) is 95.3 Å². The predicted molar refractivity (Wildman–Crippen MR) is 113 cm³/mol. The van der Waals surface area contributed by atoms with E-state index in [0.717, 1.165) is 11.3 Å². The first-order valence-corrected chi connectivity index (χ1v) is 9.48. The number of aromatic amines is 1. The van der Waals surface area contributed by atoms with Crippen LogP contribution >= 0.6 is 0 Å². The second-order valence-electron chi connectivity index (χ2n) is 7.32. The molecule has 0 fully saturated rings. The van der Waals surface area contributed by atoms with Crippen molar-refractivity contribution in [3.63, 3.8) is 0 Å². The zero-order chi connectivity index (χ0) is 18.8. The molecule has 0 spiro atoms. The van der Waals surface area contributed by atoms with Crippen molar-refractivity contribution in [2.75, 3.05) is 5.32 Å². The average molecular weight is 355 g/mol. The van der Waals surface area contributed by atoms with Gasteiger partial charge in [-0.1, -0.05) is 62.4 Å². The first-order valence-electron chi connectivity index (χ1n) is 9.48. The van der Waals surface area contributed by atoms with Gasteiger partial charge in [0, 0.05) is 28.4 Å². The summed E-state index contributed by atoms with van der Waals surface area (Å²) in [5, 5.41) is 4.89. The third-order valence-electron chi connectivity index (χ3n) is 5.13. The van der Waals surface area contributed by atoms with Crippen molar-refractivity contribution in [1.29, 1.82) is 0 Å². The number of aromatic nitrogens is 2. The van der Waals surface area contributed by atoms with E-state index in [1.165, 1.54) is 27.8 Å². The Morgan fingerprint density at radius 2 is 1.56 bits per heavy atom. The number of hydrogen-bond donors (Lipinski definition) is 2. The van der Waals surface area contributed by atoms with E-state index in [0.29, 0.717) is 5.92 Å². The van der Waals surface area contributed by atoms with Crippen LogP contribution in [-0.2, 0) is 0 Å². The van der Waals surface area contributed by atoms with Crippen molar-refractivity contribution in [3.8, 4) is 0 Å². The number of para-hydroxylation sites is 1. The van der Waals surface area contributed by atoms with E-state index >= 15 is 0 Å². The van der Waals surface area contributed by atoms with Gasteiger partial charge in [-0.25, -0.2) is 4.98 Å². The SMILES string of the molecule is Cc1[nH]c2ccccc2c1[C@H](Nc1ccccn1)c1ccc(C(C)C)cc1. The summed E-state index contributed by atoms with van der Waals surface area (Å²) in [6, 6.07) is 23.4. The maximum absolute atomic E-state index is 4.49. The Labute approximate surface area is 160 Å². The third-order valence-corrected chi connectivity index (χ3v) is 5.13. The van der Waals surface area contributed by atoms with Crippen LogP contribution in [0.5, 0.6) is 0 Å². The van der Waals surface area contributed by atoms with E-state index in [9.17, 15) is 0 Å². The first kappa shape index (κ1) is 17.3. The van der Waals surface area contributed by atoms with Crippen LogP contribution in [0.3, 0.4) is 0 Å². The molecule has 3 heteroatoms. The normalized spacial score (nSPS) is 12.4. The highest BCUT2D eigenvalue weighted by atomic mass is 15.0. The molecule has 2 heterocycles. The summed E-state index contributed by atoms with van der Waals surface area (Å²) in [5.74, 6) is 1.40. The second kappa shape index (κ2) is 7.28. The summed E-state index contributed by atoms with van der Waals surface area (Å²) in [6.07, 6.45) is 1.82. The Bertz CT molecular complexity index is 1030. The van der Waals surface area contributed by atoms with E-state index in [1.807, 2.05) is 24.4 Å². The topological polar surface area (TPSA) is 40.7 Å². The van der Waals surface area contributed by atoms with Gasteiger partial charge in [0.2, 0.25) is 0 Å². The lowest BCUT2D eigenvalue weighted by molar-refractivity contribution is 0.859. The molecular formula is C24H25N3. The molecule has 4 aromatic rings. The number of hydrogen-bond acceptors (Lipinski definition) is 2. The van der Waals surface area contributed by atoms with Crippen molar-refractivity contribution in [2.24, 2.45) is 0 Å². The maximum atomic E-state index is 4.49. The number of benzene rings is 2. The van der Waals surface area contributed by atoms with E-state index in [1.54, 1.807) is 0 Å². The van der Waals surface area contributed by atoms with Gasteiger partial charge in [0.1, 0.15) is 5.82 Å². The van der Waals surface area contributed by atoms with Crippen LogP contribution in [0.4, 0.5) is 5.82 Å². The number of aryl methyl sites for hydroxylation is 1. The number of fused-ring (bicyclic) bond motifs is 1. The van der Waals surface area contributed by atoms with Gasteiger partial charge >= 0.3 is 0 Å². The van der Waals surface area contributed by atoms with Crippen LogP contribution in [-0.4, -0.2) is 9.97 Å². The summed E-state index contributed by atoms with van der Waals surface area (Å²) in [6.45, 7) is 6.59. The molecule has 0 aliphatic heterocycles. The molecule has 2 N–H and O–H groups in total. The molecule has 0 aliphatic carbocycles. The fourth-order valence-corrected chi connectivity index (χ4v) is 3.66. The van der Waals surface area contributed by atoms with Gasteiger partial charge in [-0.2, -0.15) is 0 Å². The molecule has 0 saturated heterocycles. The fourth-order valence-electron chi connectivity index (χ4n) is 3.66. The number of anilines is 1. The highest BCUT2D eigenvalue weighted by Gasteiger charge is 2.21. The number of pyridine rings is 1. The van der Waals surface area contributed by atoms with Crippen molar-refractivity contribution < 1.29 is 0 Å². The minimum atomic E-state index is 0.0252. The molecule has 2 aromatic carbocycles. The van der Waals surface area contributed by atoms with Gasteiger partial charge in [-0.3, -0.25) is 0 Å². The summed E-state index contributed by atoms with van der Waals surface area (Å²) in [5.41, 5.74) is 6.20. The van der Waals surface area contributed by atoms with E-state index in [-0.39, 0.29) is 6.04 Å². The number of nitrogens with zero attached hydrogens (tertiary/aromatic N) is 1. The van der Waals surface area contributed by atoms with Crippen LogP contribution in [0.25, 0.3) is 10.9 Å². The lowest BCUT2D eigenvalue weighted by atomic mass is 9.93. The van der Waals surface area contributed by atoms with Gasteiger partial charge in [0.15, 0.2) is 0 Å². The summed E-state index contributed by atoms with van der Waals surface area (Å²) >= 11 is 0. The molecule has 0 aliphatic rings. The minimum Gasteiger partial charge on any atom is -0.359 e. The van der Waals surface area contributed by atoms with E-state index in [4.69, 9.17) is 0 Å². The Kier molecular flexibility index (Phi) is 4.68. The standard InChI is InChI=1S/C24H25N3/c1-16(2)18-11-13-19(14-12-18)24(27-22-10-6-7-15-25-22)23-17(3)26-21-9-5-4-8-20(21)23/h4-16,24,26H,1-3H3,(H,25,27)/t24-/m1/s1. The van der Waals surface area contributed by atoms with Crippen LogP contribution in [0, 0.1) is 6.92 Å². The smallest absolute Gasteiger partial charge is 0.126 e.